The van der Waals surface area contributed by atoms with E-state index in [9.17, 15) is 4.79 Å². The molecule has 0 unspecified atom stereocenters. The van der Waals surface area contributed by atoms with Crippen LogP contribution < -0.4 is 0 Å². The van der Waals surface area contributed by atoms with Crippen LogP contribution in [0.4, 0.5) is 0 Å². The van der Waals surface area contributed by atoms with Gasteiger partial charge in [-0.25, -0.2) is 0 Å². The van der Waals surface area contributed by atoms with Gasteiger partial charge in [-0.3, -0.25) is 4.79 Å². The number of aryl methyl sites for hydroxylation is 1. The van der Waals surface area contributed by atoms with Gasteiger partial charge in [0.05, 0.1) is 5.41 Å². The van der Waals surface area contributed by atoms with Crippen LogP contribution in [0.1, 0.15) is 43.0 Å². The molecule has 0 atom stereocenters. The first-order valence-corrected chi connectivity index (χ1v) is 7.70. The average molecular weight is 321 g/mol. The number of ether oxygens (including phenoxy) is 1. The predicted molar refractivity (Wildman–Crippen MR) is 80.4 cm³/mol. The van der Waals surface area contributed by atoms with E-state index in [-0.39, 0.29) is 12.6 Å². The standard InChI is InChI=1S/C16H17ClN2O3/c1-11-18-19-14(22-11)10-21-15(20)16(8-2-3-9-16)12-4-6-13(17)7-5-12/h4-7H,2-3,8-10H2,1H3. The van der Waals surface area contributed by atoms with Crippen molar-refractivity contribution in [2.75, 3.05) is 0 Å². The molecule has 0 N–H and O–H groups in total. The van der Waals surface area contributed by atoms with E-state index >= 15 is 0 Å². The Balaban J connectivity index is 1.78. The molecule has 1 heterocycles. The molecular weight excluding hydrogens is 304 g/mol. The summed E-state index contributed by atoms with van der Waals surface area (Å²) in [6.45, 7) is 1.71. The Morgan fingerprint density at radius 3 is 2.55 bits per heavy atom. The Hall–Kier alpha value is -1.88. The Morgan fingerprint density at radius 1 is 1.27 bits per heavy atom. The van der Waals surface area contributed by atoms with Crippen LogP contribution >= 0.6 is 11.6 Å². The van der Waals surface area contributed by atoms with Crippen molar-refractivity contribution in [1.82, 2.24) is 10.2 Å². The van der Waals surface area contributed by atoms with Crippen molar-refractivity contribution in [2.45, 2.75) is 44.6 Å². The first-order chi connectivity index (χ1) is 10.6. The van der Waals surface area contributed by atoms with Crippen LogP contribution in [-0.2, 0) is 21.6 Å². The Labute approximate surface area is 133 Å². The number of esters is 1. The van der Waals surface area contributed by atoms with Gasteiger partial charge in [-0.05, 0) is 30.5 Å². The number of nitrogens with zero attached hydrogens (tertiary/aromatic N) is 2. The van der Waals surface area contributed by atoms with E-state index in [1.807, 2.05) is 24.3 Å². The van der Waals surface area contributed by atoms with E-state index in [0.29, 0.717) is 16.8 Å². The van der Waals surface area contributed by atoms with Crippen molar-refractivity contribution in [3.63, 3.8) is 0 Å². The van der Waals surface area contributed by atoms with Crippen LogP contribution in [-0.4, -0.2) is 16.2 Å². The molecule has 1 fully saturated rings. The van der Waals surface area contributed by atoms with Gasteiger partial charge in [-0.1, -0.05) is 36.6 Å². The molecule has 0 saturated heterocycles. The van der Waals surface area contributed by atoms with Crippen molar-refractivity contribution >= 4 is 17.6 Å². The van der Waals surface area contributed by atoms with Gasteiger partial charge >= 0.3 is 5.97 Å². The van der Waals surface area contributed by atoms with Crippen LogP contribution in [0.2, 0.25) is 5.02 Å². The third kappa shape index (κ3) is 2.86. The molecule has 1 aromatic heterocycles. The third-order valence-corrected chi connectivity index (χ3v) is 4.39. The zero-order valence-electron chi connectivity index (χ0n) is 12.3. The smallest absolute Gasteiger partial charge is 0.317 e. The Morgan fingerprint density at radius 2 is 1.95 bits per heavy atom. The fourth-order valence-electron chi connectivity index (χ4n) is 3.02. The van der Waals surface area contributed by atoms with Gasteiger partial charge < -0.3 is 9.15 Å². The quantitative estimate of drug-likeness (QED) is 0.805. The van der Waals surface area contributed by atoms with Crippen molar-refractivity contribution < 1.29 is 13.9 Å². The number of benzene rings is 1. The molecule has 2 aromatic rings. The number of carbonyl (C=O) groups excluding carboxylic acids is 1. The lowest BCUT2D eigenvalue weighted by Gasteiger charge is -2.27. The van der Waals surface area contributed by atoms with E-state index in [2.05, 4.69) is 10.2 Å². The van der Waals surface area contributed by atoms with E-state index in [4.69, 9.17) is 20.8 Å². The summed E-state index contributed by atoms with van der Waals surface area (Å²) in [4.78, 5) is 12.7. The van der Waals surface area contributed by atoms with Gasteiger partial charge in [-0.2, -0.15) is 0 Å². The zero-order chi connectivity index (χ0) is 15.6. The van der Waals surface area contributed by atoms with E-state index < -0.39 is 5.41 Å². The van der Waals surface area contributed by atoms with Gasteiger partial charge in [0.2, 0.25) is 5.89 Å². The van der Waals surface area contributed by atoms with Crippen LogP contribution in [0.3, 0.4) is 0 Å². The van der Waals surface area contributed by atoms with Gasteiger partial charge in [0.1, 0.15) is 0 Å². The molecule has 1 aliphatic rings. The summed E-state index contributed by atoms with van der Waals surface area (Å²) >= 11 is 5.94. The van der Waals surface area contributed by atoms with E-state index in [1.165, 1.54) is 0 Å². The molecule has 1 aromatic carbocycles. The van der Waals surface area contributed by atoms with Crippen molar-refractivity contribution in [3.8, 4) is 0 Å². The highest BCUT2D eigenvalue weighted by Gasteiger charge is 2.44. The van der Waals surface area contributed by atoms with Crippen LogP contribution in [0, 0.1) is 6.92 Å². The minimum atomic E-state index is -0.584. The molecule has 116 valence electrons. The monoisotopic (exact) mass is 320 g/mol. The normalized spacial score (nSPS) is 16.6. The summed E-state index contributed by atoms with van der Waals surface area (Å²) in [6.07, 6.45) is 3.60. The number of halogens is 1. The molecule has 0 aliphatic heterocycles. The average Bonchev–Trinajstić information content (AvgIpc) is 3.15. The second-order valence-corrected chi connectivity index (χ2v) is 6.02. The molecule has 0 radical (unpaired) electrons. The van der Waals surface area contributed by atoms with E-state index in [1.54, 1.807) is 6.92 Å². The van der Waals surface area contributed by atoms with Crippen molar-refractivity contribution in [2.24, 2.45) is 0 Å². The maximum absolute atomic E-state index is 12.7. The first-order valence-electron chi connectivity index (χ1n) is 7.32. The summed E-state index contributed by atoms with van der Waals surface area (Å²) in [5, 5.41) is 8.22. The lowest BCUT2D eigenvalue weighted by molar-refractivity contribution is -0.152. The summed E-state index contributed by atoms with van der Waals surface area (Å²) in [5.41, 5.74) is 0.376. The fraction of sp³-hybridized carbons (Fsp3) is 0.438. The number of rotatable bonds is 4. The number of aromatic nitrogens is 2. The maximum atomic E-state index is 12.7. The second kappa shape index (κ2) is 6.08. The van der Waals surface area contributed by atoms with Crippen LogP contribution in [0.5, 0.6) is 0 Å². The molecule has 1 aliphatic carbocycles. The highest BCUT2D eigenvalue weighted by atomic mass is 35.5. The zero-order valence-corrected chi connectivity index (χ0v) is 13.1. The Kier molecular flexibility index (Phi) is 4.16. The Bertz CT molecular complexity index is 660. The SMILES string of the molecule is Cc1nnc(COC(=O)C2(c3ccc(Cl)cc3)CCCC2)o1. The first kappa shape index (κ1) is 15.0. The molecule has 6 heteroatoms. The number of hydrogen-bond acceptors (Lipinski definition) is 5. The number of carbonyl (C=O) groups is 1. The van der Waals surface area contributed by atoms with Crippen LogP contribution in [0.15, 0.2) is 28.7 Å². The van der Waals surface area contributed by atoms with Crippen molar-refractivity contribution in [3.05, 3.63) is 46.6 Å². The molecule has 0 amide bonds. The summed E-state index contributed by atoms with van der Waals surface area (Å²) in [5.74, 6) is 0.539. The summed E-state index contributed by atoms with van der Waals surface area (Å²) in [6, 6.07) is 7.44. The van der Waals surface area contributed by atoms with Gasteiger partial charge in [0, 0.05) is 11.9 Å². The fourth-order valence-corrected chi connectivity index (χ4v) is 3.15. The maximum Gasteiger partial charge on any atom is 0.317 e. The lowest BCUT2D eigenvalue weighted by atomic mass is 9.79. The van der Waals surface area contributed by atoms with E-state index in [0.717, 1.165) is 31.2 Å². The second-order valence-electron chi connectivity index (χ2n) is 5.59. The van der Waals surface area contributed by atoms with Crippen molar-refractivity contribution in [1.29, 1.82) is 0 Å². The highest BCUT2D eigenvalue weighted by molar-refractivity contribution is 6.30. The molecule has 5 nitrogen and oxygen atoms in total. The van der Waals surface area contributed by atoms with Gasteiger partial charge in [0.15, 0.2) is 6.61 Å². The summed E-state index contributed by atoms with van der Waals surface area (Å²) < 4.78 is 10.7. The van der Waals surface area contributed by atoms with Gasteiger partial charge in [0.25, 0.3) is 5.89 Å². The minimum Gasteiger partial charge on any atom is -0.455 e. The molecule has 22 heavy (non-hydrogen) atoms. The predicted octanol–water partition coefficient (Wildman–Crippen LogP) is 3.59. The number of hydrogen-bond donors (Lipinski definition) is 0. The van der Waals surface area contributed by atoms with Crippen LogP contribution in [0.25, 0.3) is 0 Å². The third-order valence-electron chi connectivity index (χ3n) is 4.14. The molecular formula is C16H17ClN2O3. The lowest BCUT2D eigenvalue weighted by Crippen LogP contribution is -2.34. The molecule has 0 bridgehead atoms. The summed E-state index contributed by atoms with van der Waals surface area (Å²) in [7, 11) is 0. The highest BCUT2D eigenvalue weighted by Crippen LogP contribution is 2.42. The molecule has 3 rings (SSSR count). The topological polar surface area (TPSA) is 65.2 Å². The minimum absolute atomic E-state index is 0.00894. The largest absolute Gasteiger partial charge is 0.455 e. The van der Waals surface area contributed by atoms with Gasteiger partial charge in [-0.15, -0.1) is 10.2 Å². The molecule has 0 spiro atoms. The molecule has 1 saturated carbocycles.